The summed E-state index contributed by atoms with van der Waals surface area (Å²) >= 11 is 0. The molecule has 2 aliphatic carbocycles. The van der Waals surface area contributed by atoms with Crippen molar-refractivity contribution in [3.63, 3.8) is 0 Å². The molecule has 1 saturated carbocycles. The summed E-state index contributed by atoms with van der Waals surface area (Å²) in [4.78, 5) is 30.1. The number of piperidine rings is 1. The van der Waals surface area contributed by atoms with Crippen LogP contribution in [-0.2, 0) is 21.4 Å². The van der Waals surface area contributed by atoms with Crippen LogP contribution in [0.1, 0.15) is 56.7 Å². The van der Waals surface area contributed by atoms with E-state index in [9.17, 15) is 14.7 Å². The average molecular weight is 521 g/mol. The van der Waals surface area contributed by atoms with Crippen LogP contribution in [-0.4, -0.2) is 65.1 Å². The fraction of sp³-hybridized carbons (Fsp3) is 0.533. The maximum absolute atomic E-state index is 13.7. The molecule has 8 heteroatoms. The summed E-state index contributed by atoms with van der Waals surface area (Å²) in [5.41, 5.74) is 2.46. The second-order valence-electron chi connectivity index (χ2n) is 11.8. The van der Waals surface area contributed by atoms with Crippen molar-refractivity contribution in [1.82, 2.24) is 9.80 Å². The Morgan fingerprint density at radius 3 is 2.87 bits per heavy atom. The molecule has 1 aromatic heterocycles. The van der Waals surface area contributed by atoms with Gasteiger partial charge in [-0.1, -0.05) is 13.8 Å². The van der Waals surface area contributed by atoms with Crippen molar-refractivity contribution >= 4 is 18.0 Å². The number of hydrogen-bond acceptors (Lipinski definition) is 7. The van der Waals surface area contributed by atoms with E-state index in [-0.39, 0.29) is 41.2 Å². The Balaban J connectivity index is 1.45. The third-order valence-electron chi connectivity index (χ3n) is 9.11. The Bertz CT molecular complexity index is 1280. The van der Waals surface area contributed by atoms with Crippen LogP contribution in [0.4, 0.5) is 0 Å². The maximum Gasteiger partial charge on any atom is 0.308 e. The fourth-order valence-corrected chi connectivity index (χ4v) is 7.74. The topological polar surface area (TPSA) is 92.5 Å². The lowest BCUT2D eigenvalue weighted by Crippen LogP contribution is -2.68. The van der Waals surface area contributed by atoms with E-state index in [1.165, 1.54) is 13.0 Å². The number of nitrogens with zero attached hydrogens (tertiary/aromatic N) is 2. The Kier molecular flexibility index (Phi) is 6.05. The predicted molar refractivity (Wildman–Crippen MR) is 141 cm³/mol. The summed E-state index contributed by atoms with van der Waals surface area (Å²) in [6.45, 7) is 7.14. The van der Waals surface area contributed by atoms with E-state index in [0.29, 0.717) is 24.0 Å². The number of amides is 1. The zero-order chi connectivity index (χ0) is 26.8. The molecule has 1 saturated heterocycles. The lowest BCUT2D eigenvalue weighted by molar-refractivity contribution is -0.138. The highest BCUT2D eigenvalue weighted by molar-refractivity contribution is 5.92. The number of aromatic hydroxyl groups is 1. The monoisotopic (exact) mass is 520 g/mol. The summed E-state index contributed by atoms with van der Waals surface area (Å²) < 4.78 is 17.5. The van der Waals surface area contributed by atoms with Gasteiger partial charge in [0.2, 0.25) is 5.91 Å². The van der Waals surface area contributed by atoms with Crippen LogP contribution in [0, 0.1) is 11.8 Å². The number of phenolic OH excluding ortho intramolecular Hbond substituents is 1. The third kappa shape index (κ3) is 3.75. The Morgan fingerprint density at radius 2 is 2.16 bits per heavy atom. The van der Waals surface area contributed by atoms with E-state index in [4.69, 9.17) is 13.9 Å². The molecule has 2 fully saturated rings. The van der Waals surface area contributed by atoms with E-state index >= 15 is 0 Å². The van der Waals surface area contributed by atoms with Crippen molar-refractivity contribution < 1.29 is 28.6 Å². The van der Waals surface area contributed by atoms with Crippen molar-refractivity contribution in [2.45, 2.75) is 70.1 Å². The van der Waals surface area contributed by atoms with E-state index in [2.05, 4.69) is 25.8 Å². The second kappa shape index (κ2) is 9.19. The standard InChI is InChI=1S/C30H36N2O6/c1-17(2)15-32(26(35)8-5-19-9-12-36-16-19)22-7-6-21-23-13-20-25(37-18(3)33)14-24(34)28-27(20)30(21,29(22)38-28)10-11-31(23)4/h5,8-9,12,14,16-17,21-23,29,34H,6-7,10-11,13,15H2,1-4H3/t21-,22+,23+,29+,30-/m0/s1. The number of benzene rings is 1. The van der Waals surface area contributed by atoms with Crippen molar-refractivity contribution in [3.05, 3.63) is 47.4 Å². The van der Waals surface area contributed by atoms with Crippen molar-refractivity contribution in [3.8, 4) is 17.2 Å². The van der Waals surface area contributed by atoms with E-state index < -0.39 is 5.97 Å². The molecule has 0 radical (unpaired) electrons. The molecule has 2 aromatic rings. The van der Waals surface area contributed by atoms with Crippen LogP contribution in [0.5, 0.6) is 17.2 Å². The van der Waals surface area contributed by atoms with Crippen LogP contribution < -0.4 is 9.47 Å². The highest BCUT2D eigenvalue weighted by atomic mass is 16.5. The molecule has 1 spiro atoms. The highest BCUT2D eigenvalue weighted by Gasteiger charge is 2.66. The molecule has 2 bridgehead atoms. The van der Waals surface area contributed by atoms with Crippen molar-refractivity contribution in [2.75, 3.05) is 20.1 Å². The lowest BCUT2D eigenvalue weighted by atomic mass is 9.51. The average Bonchev–Trinajstić information content (AvgIpc) is 3.50. The molecule has 8 nitrogen and oxygen atoms in total. The zero-order valence-electron chi connectivity index (χ0n) is 22.5. The smallest absolute Gasteiger partial charge is 0.308 e. The number of likely N-dealkylation sites (tertiary alicyclic amines) is 1. The molecule has 38 heavy (non-hydrogen) atoms. The summed E-state index contributed by atoms with van der Waals surface area (Å²) in [5.74, 6) is 1.08. The molecular weight excluding hydrogens is 484 g/mol. The summed E-state index contributed by atoms with van der Waals surface area (Å²) in [7, 11) is 2.17. The Morgan fingerprint density at radius 1 is 1.34 bits per heavy atom. The van der Waals surface area contributed by atoms with E-state index in [1.807, 2.05) is 11.0 Å². The molecule has 4 aliphatic rings. The summed E-state index contributed by atoms with van der Waals surface area (Å²) in [6, 6.07) is 3.49. The van der Waals surface area contributed by atoms with Gasteiger partial charge < -0.3 is 28.8 Å². The van der Waals surface area contributed by atoms with Gasteiger partial charge in [-0.25, -0.2) is 0 Å². The molecule has 1 amide bonds. The number of furan rings is 1. The first kappa shape index (κ1) is 25.0. The number of rotatable bonds is 6. The normalized spacial score (nSPS) is 29.3. The van der Waals surface area contributed by atoms with Gasteiger partial charge in [0.15, 0.2) is 11.5 Å². The molecule has 0 unspecified atom stereocenters. The van der Waals surface area contributed by atoms with Crippen molar-refractivity contribution in [2.24, 2.45) is 11.8 Å². The Labute approximate surface area is 223 Å². The maximum atomic E-state index is 13.7. The van der Waals surface area contributed by atoms with Crippen molar-refractivity contribution in [1.29, 1.82) is 0 Å². The van der Waals surface area contributed by atoms with Crippen LogP contribution in [0.3, 0.4) is 0 Å². The van der Waals surface area contributed by atoms with Gasteiger partial charge in [0.25, 0.3) is 0 Å². The van der Waals surface area contributed by atoms with Crippen LogP contribution >= 0.6 is 0 Å². The molecule has 2 aliphatic heterocycles. The minimum atomic E-state index is -0.408. The molecule has 6 rings (SSSR count). The van der Waals surface area contributed by atoms with Gasteiger partial charge in [-0.3, -0.25) is 9.59 Å². The summed E-state index contributed by atoms with van der Waals surface area (Å²) in [6.07, 6.45) is 9.74. The quantitative estimate of drug-likeness (QED) is 0.348. The molecule has 202 valence electrons. The van der Waals surface area contributed by atoms with Gasteiger partial charge in [0.1, 0.15) is 11.9 Å². The number of hydrogen-bond donors (Lipinski definition) is 1. The largest absolute Gasteiger partial charge is 0.504 e. The first-order valence-electron chi connectivity index (χ1n) is 13.7. The molecular formula is C30H36N2O6. The first-order chi connectivity index (χ1) is 18.2. The molecule has 3 heterocycles. The number of phenols is 1. The van der Waals surface area contributed by atoms with Crippen LogP contribution in [0.25, 0.3) is 6.08 Å². The van der Waals surface area contributed by atoms with E-state index in [0.717, 1.165) is 48.9 Å². The second-order valence-corrected chi connectivity index (χ2v) is 11.8. The Hall–Kier alpha value is -3.26. The van der Waals surface area contributed by atoms with Gasteiger partial charge in [-0.15, -0.1) is 0 Å². The SMILES string of the molecule is CC(=O)Oc1cc(O)c2c3c1C[C@@H]1[C@@H]4CC[C@@H](N(CC(C)C)C(=O)C=Cc5ccoc5)[C@@H](O2)[C@]34CCN1C. The van der Waals surface area contributed by atoms with E-state index in [1.54, 1.807) is 24.7 Å². The minimum Gasteiger partial charge on any atom is -0.504 e. The third-order valence-corrected chi connectivity index (χ3v) is 9.11. The first-order valence-corrected chi connectivity index (χ1v) is 13.7. The number of carbonyl (C=O) groups excluding carboxylic acids is 2. The summed E-state index contributed by atoms with van der Waals surface area (Å²) in [5, 5.41) is 11.1. The molecule has 5 atom stereocenters. The number of ether oxygens (including phenoxy) is 2. The highest BCUT2D eigenvalue weighted by Crippen LogP contribution is 2.65. The van der Waals surface area contributed by atoms with Crippen LogP contribution in [0.2, 0.25) is 0 Å². The molecule has 1 aromatic carbocycles. The van der Waals surface area contributed by atoms with Gasteiger partial charge in [-0.2, -0.15) is 0 Å². The number of carbonyl (C=O) groups is 2. The van der Waals surface area contributed by atoms with Gasteiger partial charge in [0.05, 0.1) is 18.6 Å². The lowest BCUT2D eigenvalue weighted by Gasteiger charge is -2.60. The number of likely N-dealkylation sites (N-methyl/N-ethyl adjacent to an activating group) is 1. The number of esters is 1. The van der Waals surface area contributed by atoms with Gasteiger partial charge in [0, 0.05) is 53.8 Å². The fourth-order valence-electron chi connectivity index (χ4n) is 7.74. The van der Waals surface area contributed by atoms with Crippen LogP contribution in [0.15, 0.2) is 35.2 Å². The predicted octanol–water partition coefficient (Wildman–Crippen LogP) is 4.15. The minimum absolute atomic E-state index is 0.000225. The van der Waals surface area contributed by atoms with Gasteiger partial charge >= 0.3 is 5.97 Å². The van der Waals surface area contributed by atoms with Gasteiger partial charge in [-0.05, 0) is 63.3 Å². The zero-order valence-corrected chi connectivity index (χ0v) is 22.5. The molecule has 1 N–H and O–H groups in total.